The summed E-state index contributed by atoms with van der Waals surface area (Å²) in [6, 6.07) is 15.0. The molecule has 1 N–H and O–H groups in total. The smallest absolute Gasteiger partial charge is 0.248 e. The summed E-state index contributed by atoms with van der Waals surface area (Å²) in [5, 5.41) is 5.91. The molecule has 0 aliphatic carbocycles. The number of rotatable bonds is 9. The van der Waals surface area contributed by atoms with Crippen molar-refractivity contribution in [3.05, 3.63) is 76.3 Å². The average Bonchev–Trinajstić information content (AvgIpc) is 3.27. The van der Waals surface area contributed by atoms with E-state index in [4.69, 9.17) is 14.2 Å². The number of nitrogens with zero attached hydrogens (tertiary/aromatic N) is 1. The lowest BCUT2D eigenvalue weighted by atomic mass is 10.1. The molecule has 3 aromatic rings. The van der Waals surface area contributed by atoms with Crippen LogP contribution in [0.1, 0.15) is 35.5 Å². The Morgan fingerprint density at radius 1 is 1.21 bits per heavy atom. The molecule has 4 rings (SSSR count). The van der Waals surface area contributed by atoms with Gasteiger partial charge >= 0.3 is 0 Å². The number of anilines is 1. The molecule has 2 aromatic carbocycles. The predicted octanol–water partition coefficient (Wildman–Crippen LogP) is 5.63. The molecule has 0 spiro atoms. The quantitative estimate of drug-likeness (QED) is 0.416. The maximum absolute atomic E-state index is 12.5. The number of ether oxygens (including phenoxy) is 3. The first kappa shape index (κ1) is 23.0. The summed E-state index contributed by atoms with van der Waals surface area (Å²) in [4.78, 5) is 16.9. The summed E-state index contributed by atoms with van der Waals surface area (Å²) in [5.41, 5.74) is 2.42. The van der Waals surface area contributed by atoms with Crippen molar-refractivity contribution in [2.75, 3.05) is 18.5 Å². The number of amides is 1. The Morgan fingerprint density at radius 2 is 2.12 bits per heavy atom. The van der Waals surface area contributed by atoms with Crippen molar-refractivity contribution in [2.45, 2.75) is 38.9 Å². The summed E-state index contributed by atoms with van der Waals surface area (Å²) >= 11 is 1.60. The Balaban J connectivity index is 1.31. The van der Waals surface area contributed by atoms with Gasteiger partial charge in [-0.1, -0.05) is 24.3 Å². The van der Waals surface area contributed by atoms with Crippen LogP contribution in [-0.4, -0.2) is 30.2 Å². The molecule has 1 saturated heterocycles. The molecular weight excluding hydrogens is 436 g/mol. The minimum absolute atomic E-state index is 0.108. The van der Waals surface area contributed by atoms with E-state index in [-0.39, 0.29) is 12.0 Å². The molecule has 1 atom stereocenters. The molecule has 1 unspecified atom stereocenters. The number of hydrogen-bond donors (Lipinski definition) is 1. The van der Waals surface area contributed by atoms with Gasteiger partial charge < -0.3 is 19.5 Å². The topological polar surface area (TPSA) is 69.7 Å². The minimum Gasteiger partial charge on any atom is -0.489 e. The number of carbonyl (C=O) groups is 1. The first-order valence-corrected chi connectivity index (χ1v) is 12.0. The van der Waals surface area contributed by atoms with Crippen molar-refractivity contribution in [1.82, 2.24) is 4.98 Å². The molecular formula is C26H28N2O4S. The number of aromatic nitrogens is 1. The zero-order chi connectivity index (χ0) is 22.9. The van der Waals surface area contributed by atoms with Gasteiger partial charge in [-0.2, -0.15) is 0 Å². The summed E-state index contributed by atoms with van der Waals surface area (Å²) in [6.45, 7) is 3.66. The second-order valence-electron chi connectivity index (χ2n) is 7.84. The molecule has 1 aromatic heterocycles. The molecule has 0 bridgehead atoms. The number of carbonyl (C=O) groups excluding carboxylic acids is 1. The predicted molar refractivity (Wildman–Crippen MR) is 131 cm³/mol. The Bertz CT molecular complexity index is 1090. The lowest BCUT2D eigenvalue weighted by Gasteiger charge is -2.23. The van der Waals surface area contributed by atoms with Gasteiger partial charge in [-0.3, -0.25) is 4.79 Å². The van der Waals surface area contributed by atoms with Gasteiger partial charge in [0.2, 0.25) is 5.91 Å². The fourth-order valence-electron chi connectivity index (χ4n) is 3.50. The van der Waals surface area contributed by atoms with E-state index < -0.39 is 0 Å². The second-order valence-corrected chi connectivity index (χ2v) is 8.90. The van der Waals surface area contributed by atoms with E-state index in [1.54, 1.807) is 17.4 Å². The zero-order valence-electron chi connectivity index (χ0n) is 18.7. The zero-order valence-corrected chi connectivity index (χ0v) is 19.5. The summed E-state index contributed by atoms with van der Waals surface area (Å²) in [7, 11) is 0. The Hall–Kier alpha value is -3.16. The third-order valence-corrected chi connectivity index (χ3v) is 6.00. The van der Waals surface area contributed by atoms with E-state index in [1.807, 2.05) is 60.8 Å². The van der Waals surface area contributed by atoms with E-state index in [9.17, 15) is 4.79 Å². The van der Waals surface area contributed by atoms with Crippen LogP contribution in [0.5, 0.6) is 11.5 Å². The molecule has 1 aliphatic rings. The van der Waals surface area contributed by atoms with Crippen LogP contribution in [0.3, 0.4) is 0 Å². The van der Waals surface area contributed by atoms with E-state index in [1.165, 1.54) is 6.08 Å². The van der Waals surface area contributed by atoms with Crippen LogP contribution < -0.4 is 14.8 Å². The number of hydrogen-bond acceptors (Lipinski definition) is 6. The Kier molecular flexibility index (Phi) is 8.11. The lowest BCUT2D eigenvalue weighted by Crippen LogP contribution is -2.26. The van der Waals surface area contributed by atoms with E-state index in [0.717, 1.165) is 47.9 Å². The summed E-state index contributed by atoms with van der Waals surface area (Å²) in [6.07, 6.45) is 6.64. The van der Waals surface area contributed by atoms with Gasteiger partial charge in [-0.05, 0) is 62.1 Å². The van der Waals surface area contributed by atoms with Gasteiger partial charge in [0.15, 0.2) is 0 Å². The van der Waals surface area contributed by atoms with E-state index >= 15 is 0 Å². The second kappa shape index (κ2) is 11.6. The van der Waals surface area contributed by atoms with Gasteiger partial charge in [-0.25, -0.2) is 4.98 Å². The number of nitrogens with one attached hydrogen (secondary N) is 1. The van der Waals surface area contributed by atoms with Gasteiger partial charge in [0.1, 0.15) is 24.7 Å². The van der Waals surface area contributed by atoms with Crippen LogP contribution in [0.15, 0.2) is 60.0 Å². The minimum atomic E-state index is -0.232. The molecule has 0 radical (unpaired) electrons. The van der Waals surface area contributed by atoms with Crippen LogP contribution in [0.4, 0.5) is 5.69 Å². The fourth-order valence-corrected chi connectivity index (χ4v) is 4.10. The van der Waals surface area contributed by atoms with Gasteiger partial charge in [0.25, 0.3) is 0 Å². The van der Waals surface area contributed by atoms with Crippen molar-refractivity contribution in [3.8, 4) is 11.5 Å². The van der Waals surface area contributed by atoms with Crippen molar-refractivity contribution in [3.63, 3.8) is 0 Å². The van der Waals surface area contributed by atoms with E-state index in [2.05, 4.69) is 10.3 Å². The molecule has 1 amide bonds. The SMILES string of the molecule is Cc1nc(COc2cccc(C=CC(=O)Nc3ccccc3OCC3CCCCO3)c2)cs1. The monoisotopic (exact) mass is 464 g/mol. The fraction of sp³-hybridized carbons (Fsp3) is 0.308. The molecule has 0 saturated carbocycles. The van der Waals surface area contributed by atoms with Crippen LogP contribution in [0.25, 0.3) is 6.08 Å². The third-order valence-electron chi connectivity index (χ3n) is 5.18. The largest absolute Gasteiger partial charge is 0.489 e. The summed E-state index contributed by atoms with van der Waals surface area (Å²) < 4.78 is 17.5. The molecule has 7 heteroatoms. The van der Waals surface area contributed by atoms with Crippen molar-refractivity contribution in [1.29, 1.82) is 0 Å². The van der Waals surface area contributed by atoms with Crippen LogP contribution in [-0.2, 0) is 16.1 Å². The van der Waals surface area contributed by atoms with Crippen molar-refractivity contribution < 1.29 is 19.0 Å². The first-order valence-electron chi connectivity index (χ1n) is 11.1. The molecule has 33 heavy (non-hydrogen) atoms. The summed E-state index contributed by atoms with van der Waals surface area (Å²) in [5.74, 6) is 1.14. The maximum atomic E-state index is 12.5. The van der Waals surface area contributed by atoms with Gasteiger partial charge in [-0.15, -0.1) is 11.3 Å². The molecule has 1 aliphatic heterocycles. The first-order chi connectivity index (χ1) is 16.2. The molecule has 1 fully saturated rings. The van der Waals surface area contributed by atoms with Crippen molar-refractivity contribution in [2.24, 2.45) is 0 Å². The van der Waals surface area contributed by atoms with Crippen LogP contribution in [0, 0.1) is 6.92 Å². The molecule has 6 nitrogen and oxygen atoms in total. The normalized spacial score (nSPS) is 16.0. The van der Waals surface area contributed by atoms with Crippen LogP contribution in [0.2, 0.25) is 0 Å². The highest BCUT2D eigenvalue weighted by atomic mass is 32.1. The van der Waals surface area contributed by atoms with Gasteiger partial charge in [0, 0.05) is 18.1 Å². The number of thiazole rings is 1. The Labute approximate surface area is 198 Å². The van der Waals surface area contributed by atoms with E-state index in [0.29, 0.717) is 24.7 Å². The number of benzene rings is 2. The standard InChI is InChI=1S/C26H28N2O4S/c1-19-27-21(18-33-19)16-31-22-9-6-7-20(15-22)12-13-26(29)28-24-10-2-3-11-25(24)32-17-23-8-4-5-14-30-23/h2-3,6-7,9-13,15,18,23H,4-5,8,14,16-17H2,1H3,(H,28,29). The lowest BCUT2D eigenvalue weighted by molar-refractivity contribution is -0.111. The molecule has 172 valence electrons. The highest BCUT2D eigenvalue weighted by Gasteiger charge is 2.15. The average molecular weight is 465 g/mol. The highest BCUT2D eigenvalue weighted by molar-refractivity contribution is 7.09. The third kappa shape index (κ3) is 7.17. The number of para-hydroxylation sites is 2. The Morgan fingerprint density at radius 3 is 2.94 bits per heavy atom. The van der Waals surface area contributed by atoms with Gasteiger partial charge in [0.05, 0.1) is 22.5 Å². The number of aryl methyl sites for hydroxylation is 1. The molecule has 2 heterocycles. The highest BCUT2D eigenvalue weighted by Crippen LogP contribution is 2.25. The van der Waals surface area contributed by atoms with Crippen LogP contribution >= 0.6 is 11.3 Å². The maximum Gasteiger partial charge on any atom is 0.248 e. The van der Waals surface area contributed by atoms with Crippen molar-refractivity contribution >= 4 is 29.0 Å².